The molecule has 0 bridgehead atoms. The van der Waals surface area contributed by atoms with Crippen molar-refractivity contribution in [3.05, 3.63) is 0 Å². The van der Waals surface area contributed by atoms with E-state index in [2.05, 4.69) is 0 Å². The Kier molecular flexibility index (Phi) is 12.0. The molecule has 4 heterocycles. The van der Waals surface area contributed by atoms with Crippen LogP contribution in [-0.2, 0) is 33.2 Å². The smallest absolute Gasteiger partial charge is 0.187 e. The minimum Gasteiger partial charge on any atom is -0.394 e. The summed E-state index contributed by atoms with van der Waals surface area (Å²) in [6.45, 7) is -2.72. The van der Waals surface area contributed by atoms with Crippen LogP contribution in [-0.4, -0.2) is 210 Å². The van der Waals surface area contributed by atoms with E-state index in [1.165, 1.54) is 0 Å². The van der Waals surface area contributed by atoms with Crippen molar-refractivity contribution >= 4 is 0 Å². The third kappa shape index (κ3) is 7.29. The molecule has 0 aromatic rings. The zero-order chi connectivity index (χ0) is 31.7. The Hall–Kier alpha value is -0.800. The Morgan fingerprint density at radius 3 is 1.51 bits per heavy atom. The van der Waals surface area contributed by atoms with E-state index in [4.69, 9.17) is 33.2 Å². The molecule has 0 amide bonds. The number of hydrogen-bond donors (Lipinski definition) is 13. The van der Waals surface area contributed by atoms with Crippen molar-refractivity contribution < 1.29 is 99.5 Å². The van der Waals surface area contributed by atoms with Gasteiger partial charge in [-0.3, -0.25) is 0 Å². The lowest BCUT2D eigenvalue weighted by Gasteiger charge is -2.46. The van der Waals surface area contributed by atoms with Gasteiger partial charge in [0.1, 0.15) is 91.6 Å². The Balaban J connectivity index is 1.48. The number of hydrogen-bond acceptors (Lipinski definition) is 20. The predicted octanol–water partition coefficient (Wildman–Crippen LogP) is -9.11. The topological polar surface area (TPSA) is 328 Å². The highest BCUT2D eigenvalue weighted by atomic mass is 16.8. The molecule has 43 heavy (non-hydrogen) atoms. The minimum absolute atomic E-state index is 0.485. The maximum absolute atomic E-state index is 10.6. The normalized spacial score (nSPS) is 53.1. The van der Waals surface area contributed by atoms with Gasteiger partial charge in [0.05, 0.1) is 26.4 Å². The van der Waals surface area contributed by atoms with Crippen LogP contribution in [0.5, 0.6) is 0 Å². The van der Waals surface area contributed by atoms with Gasteiger partial charge in [0.2, 0.25) is 0 Å². The van der Waals surface area contributed by atoms with Gasteiger partial charge in [-0.1, -0.05) is 0 Å². The van der Waals surface area contributed by atoms with Crippen molar-refractivity contribution in [3.63, 3.8) is 0 Å². The van der Waals surface area contributed by atoms with Gasteiger partial charge in [-0.25, -0.2) is 0 Å². The molecule has 0 saturated carbocycles. The number of aliphatic hydroxyl groups excluding tert-OH is 13. The van der Waals surface area contributed by atoms with Crippen molar-refractivity contribution in [2.24, 2.45) is 0 Å². The maximum Gasteiger partial charge on any atom is 0.187 e. The van der Waals surface area contributed by atoms with Crippen LogP contribution in [0.1, 0.15) is 0 Å². The van der Waals surface area contributed by atoms with Gasteiger partial charge in [-0.2, -0.15) is 0 Å². The van der Waals surface area contributed by atoms with E-state index in [-0.39, 0.29) is 0 Å². The van der Waals surface area contributed by atoms with Crippen LogP contribution in [0.2, 0.25) is 0 Å². The van der Waals surface area contributed by atoms with Gasteiger partial charge in [0, 0.05) is 0 Å². The van der Waals surface area contributed by atoms with E-state index in [1.54, 1.807) is 0 Å². The molecule has 19 atom stereocenters. The Morgan fingerprint density at radius 2 is 1.00 bits per heavy atom. The first-order valence-electron chi connectivity index (χ1n) is 13.5. The zero-order valence-electron chi connectivity index (χ0n) is 22.5. The highest BCUT2D eigenvalue weighted by Gasteiger charge is 2.52. The summed E-state index contributed by atoms with van der Waals surface area (Å²) in [5.41, 5.74) is 0. The largest absolute Gasteiger partial charge is 0.394 e. The van der Waals surface area contributed by atoms with Crippen LogP contribution >= 0.6 is 0 Å². The van der Waals surface area contributed by atoms with Gasteiger partial charge < -0.3 is 99.5 Å². The fraction of sp³-hybridized carbons (Fsp3) is 1.00. The maximum atomic E-state index is 10.6. The molecule has 4 saturated heterocycles. The first kappa shape index (κ1) is 35.1. The van der Waals surface area contributed by atoms with Gasteiger partial charge >= 0.3 is 0 Å². The summed E-state index contributed by atoms with van der Waals surface area (Å²) < 4.78 is 38.0. The third-order valence-electron chi connectivity index (χ3n) is 7.79. The Labute approximate surface area is 243 Å². The SMILES string of the molecule is OC[C@H]1O[C@@H](O[C@H]2[C@@H](OC[C@H]3O[C@@H](O)[C@H](O)[C@@H](O)[C@@H]3O[C@@H]3O[C@H](CO)[C@@H](O)[C@H](O)[C@H]3O)OC[C@@H](O)[C@@H]2O)[C@H](O)[C@@H](O)[C@H]1O. The van der Waals surface area contributed by atoms with Gasteiger partial charge in [-0.15, -0.1) is 0 Å². The van der Waals surface area contributed by atoms with Crippen LogP contribution in [0.15, 0.2) is 0 Å². The molecule has 0 unspecified atom stereocenters. The molecule has 4 aliphatic rings. The van der Waals surface area contributed by atoms with Crippen LogP contribution in [0.4, 0.5) is 0 Å². The first-order chi connectivity index (χ1) is 20.3. The molecule has 0 aromatic carbocycles. The molecular weight excluding hydrogens is 596 g/mol. The van der Waals surface area contributed by atoms with Crippen LogP contribution in [0.25, 0.3) is 0 Å². The summed E-state index contributed by atoms with van der Waals surface area (Å²) in [6.07, 6.45) is -32.6. The van der Waals surface area contributed by atoms with E-state index in [1.807, 2.05) is 0 Å². The molecule has 0 spiro atoms. The molecule has 4 aliphatic heterocycles. The summed E-state index contributed by atoms with van der Waals surface area (Å²) in [6, 6.07) is 0. The number of rotatable bonds is 9. The molecule has 0 aliphatic carbocycles. The van der Waals surface area contributed by atoms with Gasteiger partial charge in [-0.05, 0) is 0 Å². The second-order valence-corrected chi connectivity index (χ2v) is 10.7. The average molecular weight is 637 g/mol. The summed E-state index contributed by atoms with van der Waals surface area (Å²) in [5, 5.41) is 131. The standard InChI is InChI=1S/C23H40O20/c24-1-6-10(28)12(30)16(34)21(40-6)42-18-8(39-20(36)15(33)14(18)32)4-38-23-19(9(27)5(26)3-37-23)43-22-17(35)13(31)11(29)7(2-25)41-22/h5-36H,1-4H2/t5-,6-,7-,8-,9+,10-,11+,12+,13+,14-,15-,16-,17-,18-,19-,20-,21+,22+,23-/m1/s1. The molecule has 4 fully saturated rings. The number of ether oxygens (including phenoxy) is 7. The molecule has 20 heteroatoms. The van der Waals surface area contributed by atoms with Crippen LogP contribution in [0.3, 0.4) is 0 Å². The molecular formula is C23H40O20. The van der Waals surface area contributed by atoms with Crippen LogP contribution in [0, 0.1) is 0 Å². The lowest BCUT2D eigenvalue weighted by atomic mass is 9.97. The molecule has 20 nitrogen and oxygen atoms in total. The quantitative estimate of drug-likeness (QED) is 0.112. The molecule has 252 valence electrons. The van der Waals surface area contributed by atoms with Crippen molar-refractivity contribution in [1.82, 2.24) is 0 Å². The fourth-order valence-corrected chi connectivity index (χ4v) is 5.14. The number of aliphatic hydroxyl groups is 13. The fourth-order valence-electron chi connectivity index (χ4n) is 5.14. The highest BCUT2D eigenvalue weighted by molar-refractivity contribution is 4.95. The summed E-state index contributed by atoms with van der Waals surface area (Å²) >= 11 is 0. The average Bonchev–Trinajstić information content (AvgIpc) is 2.99. The zero-order valence-corrected chi connectivity index (χ0v) is 22.5. The summed E-state index contributed by atoms with van der Waals surface area (Å²) in [7, 11) is 0. The first-order valence-corrected chi connectivity index (χ1v) is 13.5. The second-order valence-electron chi connectivity index (χ2n) is 10.7. The van der Waals surface area contributed by atoms with Gasteiger partial charge in [0.25, 0.3) is 0 Å². The van der Waals surface area contributed by atoms with Crippen molar-refractivity contribution in [2.75, 3.05) is 26.4 Å². The van der Waals surface area contributed by atoms with Crippen molar-refractivity contribution in [3.8, 4) is 0 Å². The monoisotopic (exact) mass is 636 g/mol. The summed E-state index contributed by atoms with van der Waals surface area (Å²) in [4.78, 5) is 0. The molecule has 4 rings (SSSR count). The van der Waals surface area contributed by atoms with Crippen molar-refractivity contribution in [2.45, 2.75) is 117 Å². The van der Waals surface area contributed by atoms with Crippen LogP contribution < -0.4 is 0 Å². The lowest BCUT2D eigenvalue weighted by molar-refractivity contribution is -0.371. The second kappa shape index (κ2) is 14.7. The van der Waals surface area contributed by atoms with Crippen molar-refractivity contribution in [1.29, 1.82) is 0 Å². The van der Waals surface area contributed by atoms with E-state index < -0.39 is 143 Å². The Morgan fingerprint density at radius 1 is 0.488 bits per heavy atom. The predicted molar refractivity (Wildman–Crippen MR) is 128 cm³/mol. The van der Waals surface area contributed by atoms with E-state index in [0.717, 1.165) is 0 Å². The Bertz CT molecular complexity index is 867. The summed E-state index contributed by atoms with van der Waals surface area (Å²) in [5.74, 6) is 0. The molecule has 13 N–H and O–H groups in total. The van der Waals surface area contributed by atoms with E-state index in [9.17, 15) is 66.4 Å². The van der Waals surface area contributed by atoms with E-state index >= 15 is 0 Å². The molecule has 0 aromatic heterocycles. The lowest BCUT2D eigenvalue weighted by Crippen LogP contribution is -2.65. The van der Waals surface area contributed by atoms with E-state index in [0.29, 0.717) is 0 Å². The minimum atomic E-state index is -1.97. The molecule has 0 radical (unpaired) electrons. The highest BCUT2D eigenvalue weighted by Crippen LogP contribution is 2.31. The van der Waals surface area contributed by atoms with Gasteiger partial charge in [0.15, 0.2) is 25.2 Å². The third-order valence-corrected chi connectivity index (χ3v) is 7.79.